The molecular weight excluding hydrogens is 408 g/mol. The summed E-state index contributed by atoms with van der Waals surface area (Å²) in [6, 6.07) is 12.8. The van der Waals surface area contributed by atoms with Gasteiger partial charge in [0, 0.05) is 35.2 Å². The second kappa shape index (κ2) is 7.76. The lowest BCUT2D eigenvalue weighted by molar-refractivity contribution is -0.384. The van der Waals surface area contributed by atoms with Crippen LogP contribution in [-0.2, 0) is 11.3 Å². The van der Waals surface area contributed by atoms with Gasteiger partial charge >= 0.3 is 4.87 Å². The van der Waals surface area contributed by atoms with E-state index in [9.17, 15) is 24.8 Å². The summed E-state index contributed by atoms with van der Waals surface area (Å²) in [6.07, 6.45) is 3.31. The highest BCUT2D eigenvalue weighted by Gasteiger charge is 2.18. The smallest absolute Gasteiger partial charge is 0.311 e. The van der Waals surface area contributed by atoms with Crippen LogP contribution in [0.1, 0.15) is 10.4 Å². The fraction of sp³-hybridized carbons (Fsp3) is 0.0500. The van der Waals surface area contributed by atoms with Crippen molar-refractivity contribution in [1.29, 1.82) is 0 Å². The number of aromatic hydroxyl groups is 1. The van der Waals surface area contributed by atoms with E-state index in [1.807, 2.05) is 24.3 Å². The number of hydrogen-bond donors (Lipinski definition) is 2. The number of anilines is 1. The van der Waals surface area contributed by atoms with Crippen LogP contribution >= 0.6 is 11.3 Å². The minimum Gasteiger partial charge on any atom is -0.493 e. The van der Waals surface area contributed by atoms with E-state index < -0.39 is 22.2 Å². The van der Waals surface area contributed by atoms with Gasteiger partial charge in [0.15, 0.2) is 0 Å². The maximum Gasteiger partial charge on any atom is 0.311 e. The zero-order valence-corrected chi connectivity index (χ0v) is 16.1. The molecule has 1 amide bonds. The third-order valence-electron chi connectivity index (χ3n) is 4.40. The lowest BCUT2D eigenvalue weighted by Gasteiger charge is -2.06. The van der Waals surface area contributed by atoms with Gasteiger partial charge in [-0.25, -0.2) is 0 Å². The van der Waals surface area contributed by atoms with Crippen molar-refractivity contribution in [3.8, 4) is 5.88 Å². The Hall–Kier alpha value is -4.05. The van der Waals surface area contributed by atoms with E-state index in [0.29, 0.717) is 10.6 Å². The molecule has 0 saturated heterocycles. The number of nitrogens with zero attached hydrogens (tertiary/aromatic N) is 3. The monoisotopic (exact) mass is 422 g/mol. The van der Waals surface area contributed by atoms with Crippen LogP contribution in [0.5, 0.6) is 5.88 Å². The van der Waals surface area contributed by atoms with E-state index in [1.54, 1.807) is 12.3 Å². The fourth-order valence-electron chi connectivity index (χ4n) is 2.95. The third kappa shape index (κ3) is 3.76. The molecule has 1 aromatic heterocycles. The molecule has 0 spiro atoms. The highest BCUT2D eigenvalue weighted by molar-refractivity contribution is 7.10. The molecule has 9 nitrogen and oxygen atoms in total. The molecule has 0 aliphatic carbocycles. The van der Waals surface area contributed by atoms with Crippen LogP contribution in [0.4, 0.5) is 17.1 Å². The minimum atomic E-state index is -0.550. The van der Waals surface area contributed by atoms with Crippen molar-refractivity contribution in [3.05, 3.63) is 78.8 Å². The zero-order chi connectivity index (χ0) is 21.3. The molecule has 0 unspecified atom stereocenters. The van der Waals surface area contributed by atoms with Crippen molar-refractivity contribution in [1.82, 2.24) is 4.57 Å². The van der Waals surface area contributed by atoms with Gasteiger partial charge in [-0.05, 0) is 24.3 Å². The summed E-state index contributed by atoms with van der Waals surface area (Å²) in [4.78, 5) is 38.8. The van der Waals surface area contributed by atoms with Crippen LogP contribution in [-0.4, -0.2) is 26.7 Å². The first-order valence-electron chi connectivity index (χ1n) is 8.74. The normalized spacial score (nSPS) is 13.4. The van der Waals surface area contributed by atoms with Crippen molar-refractivity contribution in [2.24, 2.45) is 4.99 Å². The number of benzene rings is 2. The first-order chi connectivity index (χ1) is 14.4. The Morgan fingerprint density at radius 3 is 2.70 bits per heavy atom. The van der Waals surface area contributed by atoms with Gasteiger partial charge in [0.2, 0.25) is 11.8 Å². The van der Waals surface area contributed by atoms with Crippen molar-refractivity contribution in [2.45, 2.75) is 6.54 Å². The SMILES string of the molecule is O=C(Cn1c(O)c(/C=C2\C=Nc3ccccc32)sc1=O)Nc1ccc([N+](=O)[O-])cc1. The van der Waals surface area contributed by atoms with Crippen molar-refractivity contribution in [2.75, 3.05) is 5.32 Å². The number of carbonyl (C=O) groups excluding carboxylic acids is 1. The predicted octanol–water partition coefficient (Wildman–Crippen LogP) is 3.42. The van der Waals surface area contributed by atoms with Crippen LogP contribution < -0.4 is 10.2 Å². The number of aliphatic imine (C=N–C) groups is 1. The number of hydrogen-bond acceptors (Lipinski definition) is 7. The second-order valence-electron chi connectivity index (χ2n) is 6.37. The summed E-state index contributed by atoms with van der Waals surface area (Å²) in [5.41, 5.74) is 2.69. The summed E-state index contributed by atoms with van der Waals surface area (Å²) in [5.74, 6) is -0.861. The molecule has 3 aromatic rings. The van der Waals surface area contributed by atoms with Crippen LogP contribution in [0.15, 0.2) is 58.3 Å². The standard InChI is InChI=1S/C20H14N4O5S/c25-18(22-13-5-7-14(8-6-13)24(28)29)11-23-19(26)17(30-20(23)27)9-12-10-21-16-4-2-1-3-15(12)16/h1-10,26H,11H2,(H,22,25)/b12-9+. The van der Waals surface area contributed by atoms with Gasteiger partial charge in [-0.2, -0.15) is 0 Å². The van der Waals surface area contributed by atoms with Crippen LogP contribution in [0, 0.1) is 10.1 Å². The van der Waals surface area contributed by atoms with Crippen molar-refractivity contribution < 1.29 is 14.8 Å². The summed E-state index contributed by atoms with van der Waals surface area (Å²) >= 11 is 0.820. The predicted molar refractivity (Wildman–Crippen MR) is 114 cm³/mol. The molecule has 4 rings (SSSR count). The van der Waals surface area contributed by atoms with E-state index in [4.69, 9.17) is 0 Å². The Kier molecular flexibility index (Phi) is 4.98. The van der Waals surface area contributed by atoms with Crippen LogP contribution in [0.25, 0.3) is 11.6 Å². The van der Waals surface area contributed by atoms with Gasteiger partial charge in [0.1, 0.15) is 6.54 Å². The summed E-state index contributed by atoms with van der Waals surface area (Å²) < 4.78 is 0.968. The average molecular weight is 422 g/mol. The van der Waals surface area contributed by atoms with Gasteiger partial charge in [0.25, 0.3) is 5.69 Å². The Bertz CT molecular complexity index is 1270. The molecule has 0 atom stereocenters. The third-order valence-corrected chi connectivity index (χ3v) is 5.32. The number of aromatic nitrogens is 1. The summed E-state index contributed by atoms with van der Waals surface area (Å²) in [7, 11) is 0. The Labute approximate surface area is 173 Å². The summed E-state index contributed by atoms with van der Waals surface area (Å²) in [6.45, 7) is -0.397. The molecule has 1 aliphatic heterocycles. The molecule has 0 radical (unpaired) electrons. The second-order valence-corrected chi connectivity index (χ2v) is 7.36. The molecule has 30 heavy (non-hydrogen) atoms. The van der Waals surface area contributed by atoms with Gasteiger partial charge < -0.3 is 10.4 Å². The molecule has 2 aromatic carbocycles. The average Bonchev–Trinajstić information content (AvgIpc) is 3.25. The number of nitrogens with one attached hydrogen (secondary N) is 1. The number of non-ortho nitro benzene ring substituents is 1. The molecule has 0 fully saturated rings. The topological polar surface area (TPSA) is 127 Å². The largest absolute Gasteiger partial charge is 0.493 e. The van der Waals surface area contributed by atoms with Gasteiger partial charge in [0.05, 0.1) is 15.5 Å². The Morgan fingerprint density at radius 2 is 1.97 bits per heavy atom. The Morgan fingerprint density at radius 1 is 1.23 bits per heavy atom. The number of carbonyl (C=O) groups is 1. The lowest BCUT2D eigenvalue weighted by atomic mass is 10.1. The van der Waals surface area contributed by atoms with Gasteiger partial charge in [-0.1, -0.05) is 29.5 Å². The van der Waals surface area contributed by atoms with Crippen molar-refractivity contribution in [3.63, 3.8) is 0 Å². The number of rotatable bonds is 5. The minimum absolute atomic E-state index is 0.102. The molecule has 0 saturated carbocycles. The first-order valence-corrected chi connectivity index (χ1v) is 9.56. The van der Waals surface area contributed by atoms with Crippen LogP contribution in [0.2, 0.25) is 0 Å². The van der Waals surface area contributed by atoms with E-state index in [2.05, 4.69) is 10.3 Å². The number of fused-ring (bicyclic) bond motifs is 1. The van der Waals surface area contributed by atoms with E-state index in [1.165, 1.54) is 24.3 Å². The first kappa shape index (κ1) is 19.3. The van der Waals surface area contributed by atoms with Gasteiger partial charge in [-0.15, -0.1) is 0 Å². The number of para-hydroxylation sites is 1. The van der Waals surface area contributed by atoms with Gasteiger partial charge in [-0.3, -0.25) is 29.3 Å². The number of nitro groups is 1. The quantitative estimate of drug-likeness (QED) is 0.481. The molecule has 10 heteroatoms. The highest BCUT2D eigenvalue weighted by Crippen LogP contribution is 2.34. The van der Waals surface area contributed by atoms with Crippen LogP contribution in [0.3, 0.4) is 0 Å². The maximum absolute atomic E-state index is 12.3. The number of nitro benzene ring substituents is 1. The molecular formula is C20H14N4O5S. The lowest BCUT2D eigenvalue weighted by Crippen LogP contribution is -2.24. The molecule has 2 heterocycles. The number of amides is 1. The summed E-state index contributed by atoms with van der Waals surface area (Å²) in [5, 5.41) is 23.7. The van der Waals surface area contributed by atoms with E-state index >= 15 is 0 Å². The van der Waals surface area contributed by atoms with E-state index in [-0.39, 0.29) is 11.6 Å². The maximum atomic E-state index is 12.3. The fourth-order valence-corrected chi connectivity index (χ4v) is 3.79. The molecule has 2 N–H and O–H groups in total. The Balaban J connectivity index is 1.52. The number of thiazole rings is 1. The van der Waals surface area contributed by atoms with E-state index in [0.717, 1.165) is 32.7 Å². The zero-order valence-electron chi connectivity index (χ0n) is 15.3. The van der Waals surface area contributed by atoms with Crippen molar-refractivity contribution >= 4 is 52.2 Å². The molecule has 150 valence electrons. The molecule has 0 bridgehead atoms. The number of allylic oxidation sites excluding steroid dienone is 1. The highest BCUT2D eigenvalue weighted by atomic mass is 32.1. The molecule has 1 aliphatic rings.